The number of nitrogens with one attached hydrogen (secondary N) is 2. The van der Waals surface area contributed by atoms with Crippen LogP contribution in [0.4, 0.5) is 23.0 Å². The monoisotopic (exact) mass is 452 g/mol. The molecule has 34 heavy (non-hydrogen) atoms. The normalized spacial score (nSPS) is 11.3. The van der Waals surface area contributed by atoms with Gasteiger partial charge in [-0.3, -0.25) is 10.9 Å². The van der Waals surface area contributed by atoms with Crippen LogP contribution in [0, 0.1) is 0 Å². The third-order valence-corrected chi connectivity index (χ3v) is 5.27. The number of hydrazone groups is 2. The van der Waals surface area contributed by atoms with Gasteiger partial charge in [0.15, 0.2) is 11.6 Å². The van der Waals surface area contributed by atoms with Crippen LogP contribution in [0.25, 0.3) is 10.8 Å². The molecule has 0 unspecified atom stereocenters. The molecule has 4 aromatic rings. The van der Waals surface area contributed by atoms with Gasteiger partial charge in [0.2, 0.25) is 0 Å². The summed E-state index contributed by atoms with van der Waals surface area (Å²) in [6.07, 6.45) is 3.52. The van der Waals surface area contributed by atoms with E-state index in [1.54, 1.807) is 12.4 Å². The van der Waals surface area contributed by atoms with Crippen LogP contribution in [0.2, 0.25) is 0 Å². The molecule has 1 aromatic heterocycles. The highest BCUT2D eigenvalue weighted by Crippen LogP contribution is 2.26. The number of anilines is 4. The first-order valence-electron chi connectivity index (χ1n) is 10.9. The fourth-order valence-electron chi connectivity index (χ4n) is 3.32. The zero-order valence-electron chi connectivity index (χ0n) is 19.8. The summed E-state index contributed by atoms with van der Waals surface area (Å²) in [7, 11) is 8.06. The van der Waals surface area contributed by atoms with Crippen LogP contribution in [0.5, 0.6) is 0 Å². The van der Waals surface area contributed by atoms with E-state index in [4.69, 9.17) is 0 Å². The summed E-state index contributed by atoms with van der Waals surface area (Å²) in [5, 5.41) is 19.1. The van der Waals surface area contributed by atoms with Gasteiger partial charge in [-0.05, 0) is 35.4 Å². The van der Waals surface area contributed by atoms with Gasteiger partial charge in [-0.15, -0.1) is 10.2 Å². The molecule has 0 spiro atoms. The number of hydrogen-bond acceptors (Lipinski definition) is 8. The molecule has 0 aliphatic heterocycles. The Labute approximate surface area is 199 Å². The third kappa shape index (κ3) is 5.47. The molecule has 0 amide bonds. The number of benzene rings is 3. The van der Waals surface area contributed by atoms with E-state index in [0.717, 1.165) is 33.3 Å². The number of hydrogen-bond donors (Lipinski definition) is 2. The lowest BCUT2D eigenvalue weighted by Crippen LogP contribution is -2.08. The molecule has 1 heterocycles. The van der Waals surface area contributed by atoms with E-state index in [0.29, 0.717) is 11.6 Å². The van der Waals surface area contributed by atoms with Crippen LogP contribution in [-0.4, -0.2) is 50.8 Å². The second kappa shape index (κ2) is 10.4. The van der Waals surface area contributed by atoms with Gasteiger partial charge in [-0.1, -0.05) is 48.5 Å². The molecule has 0 saturated carbocycles. The lowest BCUT2D eigenvalue weighted by molar-refractivity contribution is 1.03. The smallest absolute Gasteiger partial charge is 0.176 e. The van der Waals surface area contributed by atoms with E-state index in [2.05, 4.69) is 41.1 Å². The summed E-state index contributed by atoms with van der Waals surface area (Å²) >= 11 is 0. The molecule has 8 nitrogen and oxygen atoms in total. The average Bonchev–Trinajstić information content (AvgIpc) is 2.85. The van der Waals surface area contributed by atoms with E-state index in [9.17, 15) is 0 Å². The first kappa shape index (κ1) is 22.7. The zero-order valence-corrected chi connectivity index (χ0v) is 19.8. The van der Waals surface area contributed by atoms with E-state index in [1.165, 1.54) is 0 Å². The molecule has 0 atom stereocenters. The molecule has 8 heteroatoms. The molecule has 0 radical (unpaired) electrons. The molecule has 2 N–H and O–H groups in total. The van der Waals surface area contributed by atoms with Crippen molar-refractivity contribution in [2.24, 2.45) is 10.2 Å². The summed E-state index contributed by atoms with van der Waals surface area (Å²) in [5.41, 5.74) is 10.3. The lowest BCUT2D eigenvalue weighted by atomic mass is 10.2. The Morgan fingerprint density at radius 2 is 0.971 bits per heavy atom. The molecule has 4 rings (SSSR count). The zero-order chi connectivity index (χ0) is 23.9. The standard InChI is InChI=1S/C26H28N8/c1-33(2)21-13-9-19(10-14-21)17-27-29-25-23-7-5-6-8-24(23)26(32-31-25)30-28-18-20-11-15-22(16-12-20)34(3)4/h5-18H,1-4H3,(H,29,31)(H,30,32)/b27-17-,28-18-. The summed E-state index contributed by atoms with van der Waals surface area (Å²) < 4.78 is 0. The van der Waals surface area contributed by atoms with Gasteiger partial charge in [0.25, 0.3) is 0 Å². The quantitative estimate of drug-likeness (QED) is 0.299. The van der Waals surface area contributed by atoms with Crippen molar-refractivity contribution in [2.45, 2.75) is 0 Å². The highest BCUT2D eigenvalue weighted by molar-refractivity contribution is 5.98. The molecule has 0 aliphatic rings. The Morgan fingerprint density at radius 3 is 1.32 bits per heavy atom. The maximum atomic E-state index is 4.34. The van der Waals surface area contributed by atoms with E-state index >= 15 is 0 Å². The number of aromatic nitrogens is 2. The molecule has 172 valence electrons. The third-order valence-electron chi connectivity index (χ3n) is 5.27. The highest BCUT2D eigenvalue weighted by atomic mass is 15.4. The van der Waals surface area contributed by atoms with Gasteiger partial charge in [0, 0.05) is 50.3 Å². The molecular weight excluding hydrogens is 424 g/mol. The van der Waals surface area contributed by atoms with Crippen molar-refractivity contribution in [3.05, 3.63) is 83.9 Å². The van der Waals surface area contributed by atoms with Crippen LogP contribution in [0.3, 0.4) is 0 Å². The van der Waals surface area contributed by atoms with Gasteiger partial charge < -0.3 is 9.80 Å². The Bertz CT molecular complexity index is 1190. The van der Waals surface area contributed by atoms with Crippen LogP contribution < -0.4 is 20.7 Å². The first-order valence-corrected chi connectivity index (χ1v) is 10.9. The molecule has 0 aliphatic carbocycles. The van der Waals surface area contributed by atoms with Crippen molar-refractivity contribution in [2.75, 3.05) is 48.8 Å². The van der Waals surface area contributed by atoms with Crippen LogP contribution >= 0.6 is 0 Å². The predicted octanol–water partition coefficient (Wildman–Crippen LogP) is 4.65. The minimum Gasteiger partial charge on any atom is -0.378 e. The summed E-state index contributed by atoms with van der Waals surface area (Å²) in [6.45, 7) is 0. The molecule has 0 fully saturated rings. The van der Waals surface area contributed by atoms with E-state index < -0.39 is 0 Å². The Kier molecular flexibility index (Phi) is 6.98. The molecule has 0 bridgehead atoms. The number of rotatable bonds is 8. The van der Waals surface area contributed by atoms with E-state index in [1.807, 2.05) is 101 Å². The first-order chi connectivity index (χ1) is 16.5. The summed E-state index contributed by atoms with van der Waals surface area (Å²) in [4.78, 5) is 4.11. The maximum absolute atomic E-state index is 4.34. The fraction of sp³-hybridized carbons (Fsp3) is 0.154. The van der Waals surface area contributed by atoms with E-state index in [-0.39, 0.29) is 0 Å². The van der Waals surface area contributed by atoms with Crippen LogP contribution in [0.15, 0.2) is 83.0 Å². The Morgan fingerprint density at radius 1 is 0.588 bits per heavy atom. The van der Waals surface area contributed by atoms with Crippen molar-refractivity contribution < 1.29 is 0 Å². The van der Waals surface area contributed by atoms with Crippen molar-refractivity contribution in [1.29, 1.82) is 0 Å². The van der Waals surface area contributed by atoms with Crippen LogP contribution in [0.1, 0.15) is 11.1 Å². The van der Waals surface area contributed by atoms with Crippen molar-refractivity contribution in [1.82, 2.24) is 10.2 Å². The fourth-order valence-corrected chi connectivity index (χ4v) is 3.32. The summed E-state index contributed by atoms with van der Waals surface area (Å²) in [6, 6.07) is 24.1. The SMILES string of the molecule is CN(C)c1ccc(/C=N\Nc2nnc(N/N=C\c3ccc(N(C)C)cc3)c3ccccc23)cc1. The second-order valence-electron chi connectivity index (χ2n) is 8.15. The minimum absolute atomic E-state index is 0.575. The number of nitrogens with zero attached hydrogens (tertiary/aromatic N) is 6. The molecule has 0 saturated heterocycles. The van der Waals surface area contributed by atoms with Gasteiger partial charge >= 0.3 is 0 Å². The second-order valence-corrected chi connectivity index (χ2v) is 8.15. The molecular formula is C26H28N8. The maximum Gasteiger partial charge on any atom is 0.176 e. The Hall–Kier alpha value is -4.46. The topological polar surface area (TPSA) is 81.0 Å². The lowest BCUT2D eigenvalue weighted by Gasteiger charge is -2.11. The largest absolute Gasteiger partial charge is 0.378 e. The van der Waals surface area contributed by atoms with Crippen molar-refractivity contribution in [3.63, 3.8) is 0 Å². The highest BCUT2D eigenvalue weighted by Gasteiger charge is 2.08. The van der Waals surface area contributed by atoms with Crippen molar-refractivity contribution in [3.8, 4) is 0 Å². The minimum atomic E-state index is 0.575. The predicted molar refractivity (Wildman–Crippen MR) is 144 cm³/mol. The van der Waals surface area contributed by atoms with Crippen LogP contribution in [-0.2, 0) is 0 Å². The number of fused-ring (bicyclic) bond motifs is 1. The van der Waals surface area contributed by atoms with Crippen molar-refractivity contribution >= 4 is 46.2 Å². The summed E-state index contributed by atoms with van der Waals surface area (Å²) in [5.74, 6) is 1.15. The average molecular weight is 453 g/mol. The van der Waals surface area contributed by atoms with Gasteiger partial charge in [0.05, 0.1) is 12.4 Å². The Balaban J connectivity index is 1.47. The molecule has 3 aromatic carbocycles. The van der Waals surface area contributed by atoms with Gasteiger partial charge in [0.1, 0.15) is 0 Å². The van der Waals surface area contributed by atoms with Gasteiger partial charge in [-0.2, -0.15) is 10.2 Å². The van der Waals surface area contributed by atoms with Gasteiger partial charge in [-0.25, -0.2) is 0 Å².